The normalized spacial score (nSPS) is 22.9. The molecule has 3 fully saturated rings. The van der Waals surface area contributed by atoms with E-state index in [2.05, 4.69) is 102 Å². The van der Waals surface area contributed by atoms with Crippen molar-refractivity contribution < 1.29 is 28.7 Å². The fraction of sp³-hybridized carbons (Fsp3) is 0.547. The number of imidazole rings is 2. The van der Waals surface area contributed by atoms with Gasteiger partial charge in [-0.05, 0) is 134 Å². The Balaban J connectivity index is 0.00000119. The van der Waals surface area contributed by atoms with Crippen LogP contribution in [0.4, 0.5) is 9.59 Å². The van der Waals surface area contributed by atoms with Gasteiger partial charge < -0.3 is 40.3 Å². The van der Waals surface area contributed by atoms with E-state index >= 15 is 0 Å². The summed E-state index contributed by atoms with van der Waals surface area (Å²) in [5.74, 6) is 9.94. The van der Waals surface area contributed by atoms with Crippen LogP contribution in [0.3, 0.4) is 0 Å². The summed E-state index contributed by atoms with van der Waals surface area (Å²) < 4.78 is 8.70. The van der Waals surface area contributed by atoms with Crippen LogP contribution in [0.2, 0.25) is 0 Å². The molecule has 362 valence electrons. The Morgan fingerprint density at radius 1 is 0.809 bits per heavy atom. The van der Waals surface area contributed by atoms with E-state index in [9.17, 15) is 19.2 Å². The van der Waals surface area contributed by atoms with E-state index in [1.165, 1.54) is 72.4 Å². The SMILES string of the molecule is CCC1c2c(-c3cnc([C@@H]4CCCN4C(=O)CC(C)C)[nH]3)ccc(-c3ccc(C#Cc4cnc(C5CCCN5C(=O)C(NC(=O)OC)C(C)C)[nH]4)c4c3C3CCC4C3)c2C(C)N1C.COC(N)=O. The van der Waals surface area contributed by atoms with Crippen molar-refractivity contribution in [3.63, 3.8) is 0 Å². The number of amides is 4. The molecular formula is C53H69N9O6. The number of H-pyrrole nitrogens is 2. The first kappa shape index (κ1) is 48.3. The maximum absolute atomic E-state index is 13.7. The molecule has 15 nitrogen and oxygen atoms in total. The van der Waals surface area contributed by atoms with Crippen molar-refractivity contribution in [2.24, 2.45) is 17.6 Å². The van der Waals surface area contributed by atoms with Crippen molar-refractivity contribution in [1.82, 2.24) is 40.0 Å². The molecule has 4 amide bonds. The van der Waals surface area contributed by atoms with Gasteiger partial charge in [-0.15, -0.1) is 0 Å². The summed E-state index contributed by atoms with van der Waals surface area (Å²) >= 11 is 0. The highest BCUT2D eigenvalue weighted by Crippen LogP contribution is 2.59. The number of alkyl carbamates (subject to hydrolysis) is 1. The zero-order chi connectivity index (χ0) is 48.6. The lowest BCUT2D eigenvalue weighted by molar-refractivity contribution is -0.135. The van der Waals surface area contributed by atoms with E-state index in [0.717, 1.165) is 67.2 Å². The Bertz CT molecular complexity index is 2600. The molecule has 5 aliphatic rings. The lowest BCUT2D eigenvalue weighted by atomic mass is 9.80. The van der Waals surface area contributed by atoms with E-state index in [-0.39, 0.29) is 41.9 Å². The minimum Gasteiger partial charge on any atom is -0.453 e. The topological polar surface area (TPSA) is 192 Å². The van der Waals surface area contributed by atoms with Crippen LogP contribution in [0.5, 0.6) is 0 Å². The van der Waals surface area contributed by atoms with Crippen molar-refractivity contribution in [1.29, 1.82) is 0 Å². The first-order valence-corrected chi connectivity index (χ1v) is 24.6. The summed E-state index contributed by atoms with van der Waals surface area (Å²) in [6, 6.07) is 8.84. The number of rotatable bonds is 10. The van der Waals surface area contributed by atoms with Crippen LogP contribution in [0.15, 0.2) is 36.7 Å². The highest BCUT2D eigenvalue weighted by atomic mass is 16.5. The fourth-order valence-electron chi connectivity index (χ4n) is 11.8. The molecule has 2 saturated heterocycles. The maximum atomic E-state index is 13.7. The first-order chi connectivity index (χ1) is 32.6. The smallest absolute Gasteiger partial charge is 0.407 e. The molecule has 4 aromatic rings. The van der Waals surface area contributed by atoms with Crippen LogP contribution in [0.1, 0.15) is 180 Å². The van der Waals surface area contributed by atoms with Gasteiger partial charge in [-0.3, -0.25) is 14.5 Å². The van der Waals surface area contributed by atoms with Gasteiger partial charge in [0, 0.05) is 42.7 Å². The molecule has 0 radical (unpaired) electrons. The minimum absolute atomic E-state index is 0.00925. The molecule has 3 aliphatic heterocycles. The molecule has 2 aromatic heterocycles. The molecule has 1 saturated carbocycles. The van der Waals surface area contributed by atoms with Crippen LogP contribution in [-0.4, -0.2) is 99.0 Å². The van der Waals surface area contributed by atoms with Gasteiger partial charge >= 0.3 is 12.2 Å². The number of nitrogens with zero attached hydrogens (tertiary/aromatic N) is 5. The van der Waals surface area contributed by atoms with Gasteiger partial charge in [0.25, 0.3) is 0 Å². The van der Waals surface area contributed by atoms with Gasteiger partial charge in [0.05, 0.1) is 44.4 Å². The number of carbonyl (C=O) groups excluding carboxylic acids is 4. The van der Waals surface area contributed by atoms with Crippen LogP contribution in [0.25, 0.3) is 22.4 Å². The predicted octanol–water partition coefficient (Wildman–Crippen LogP) is 9.15. The summed E-state index contributed by atoms with van der Waals surface area (Å²) in [5, 5.41) is 2.73. The van der Waals surface area contributed by atoms with Crippen molar-refractivity contribution in [2.45, 2.75) is 141 Å². The Labute approximate surface area is 400 Å². The van der Waals surface area contributed by atoms with Crippen molar-refractivity contribution in [3.05, 3.63) is 81.8 Å². The average Bonchev–Trinajstić information content (AvgIpc) is 4.19. The molecule has 2 bridgehead atoms. The summed E-state index contributed by atoms with van der Waals surface area (Å²) in [5.41, 5.74) is 16.8. The van der Waals surface area contributed by atoms with Gasteiger partial charge in [0.15, 0.2) is 0 Å². The zero-order valence-corrected chi connectivity index (χ0v) is 41.2. The Morgan fingerprint density at radius 3 is 2.09 bits per heavy atom. The molecule has 68 heavy (non-hydrogen) atoms. The van der Waals surface area contributed by atoms with E-state index in [4.69, 9.17) is 14.7 Å². The van der Waals surface area contributed by atoms with Gasteiger partial charge in [-0.2, -0.15) is 0 Å². The van der Waals surface area contributed by atoms with Crippen molar-refractivity contribution >= 4 is 24.0 Å². The van der Waals surface area contributed by atoms with Crippen molar-refractivity contribution in [2.75, 3.05) is 34.4 Å². The molecule has 15 heteroatoms. The summed E-state index contributed by atoms with van der Waals surface area (Å²) in [6.45, 7) is 14.1. The van der Waals surface area contributed by atoms with E-state index < -0.39 is 18.2 Å². The maximum Gasteiger partial charge on any atom is 0.407 e. The van der Waals surface area contributed by atoms with E-state index in [1.807, 2.05) is 29.8 Å². The molecule has 5 N–H and O–H groups in total. The highest BCUT2D eigenvalue weighted by molar-refractivity contribution is 5.86. The first-order valence-electron chi connectivity index (χ1n) is 24.6. The Kier molecular flexibility index (Phi) is 14.4. The standard InChI is InChI=1S/C51H64N8O4.C2H5NO2/c1-9-39-46-37(38-27-53-49(55-38)40-12-10-22-58(40)42(60)24-28(2)3)21-20-35(43(46)30(6)57(39)7)36-19-17-31(44-32-14-15-33(25-32)45(36)44)16-18-34-26-52-48(54-34)41-13-11-23-59(41)50(61)47(29(4)5)56-51(62)63-8;1-5-2(3)4/h17,19-21,26-30,32-33,39-41,47H,9-15,22-25H2,1-8H3,(H,52,54)(H,53,55)(H,56,62);1H3,(H2,3,4)/t30?,32?,33?,39?,40-,41?,47?;/m0./s1. The number of methoxy groups -OCH3 is 2. The van der Waals surface area contributed by atoms with Gasteiger partial charge in [0.1, 0.15) is 23.4 Å². The fourth-order valence-corrected chi connectivity index (χ4v) is 11.8. The third-order valence-electron chi connectivity index (χ3n) is 15.1. The van der Waals surface area contributed by atoms with Crippen LogP contribution in [-0.2, 0) is 19.1 Å². The summed E-state index contributed by atoms with van der Waals surface area (Å²) in [4.78, 5) is 71.6. The van der Waals surface area contributed by atoms with Crippen LogP contribution in [0, 0.1) is 23.7 Å². The average molecular weight is 928 g/mol. The number of benzene rings is 2. The summed E-state index contributed by atoms with van der Waals surface area (Å²) in [6.07, 6.45) is 11.1. The van der Waals surface area contributed by atoms with Crippen LogP contribution >= 0.6 is 0 Å². The second-order valence-corrected chi connectivity index (χ2v) is 20.0. The molecule has 2 aliphatic carbocycles. The van der Waals surface area contributed by atoms with E-state index in [1.54, 1.807) is 6.20 Å². The number of hydrogen-bond acceptors (Lipinski definition) is 9. The monoisotopic (exact) mass is 928 g/mol. The number of aromatic nitrogens is 4. The zero-order valence-electron chi connectivity index (χ0n) is 41.2. The molecule has 6 unspecified atom stereocenters. The number of nitrogens with two attached hydrogens (primary N) is 1. The number of primary amides is 1. The third-order valence-corrected chi connectivity index (χ3v) is 15.1. The second-order valence-electron chi connectivity index (χ2n) is 20.0. The number of ether oxygens (including phenoxy) is 2. The number of fused-ring (bicyclic) bond motifs is 6. The number of likely N-dealkylation sites (tertiary alicyclic amines) is 2. The molecule has 9 rings (SSSR count). The lowest BCUT2D eigenvalue weighted by Crippen LogP contribution is -2.51. The molecular weight excluding hydrogens is 859 g/mol. The lowest BCUT2D eigenvalue weighted by Gasteiger charge is -2.29. The van der Waals surface area contributed by atoms with Gasteiger partial charge in [0.2, 0.25) is 11.8 Å². The molecule has 0 spiro atoms. The molecule has 5 heterocycles. The van der Waals surface area contributed by atoms with Crippen molar-refractivity contribution in [3.8, 4) is 34.2 Å². The number of hydrogen-bond donors (Lipinski definition) is 4. The summed E-state index contributed by atoms with van der Waals surface area (Å²) in [7, 11) is 4.80. The molecule has 2 aromatic carbocycles. The van der Waals surface area contributed by atoms with Crippen LogP contribution < -0.4 is 11.1 Å². The highest BCUT2D eigenvalue weighted by Gasteiger charge is 2.43. The predicted molar refractivity (Wildman–Crippen MR) is 260 cm³/mol. The Morgan fingerprint density at radius 2 is 1.43 bits per heavy atom. The second kappa shape index (κ2) is 20.2. The minimum atomic E-state index is -0.745. The largest absolute Gasteiger partial charge is 0.453 e. The van der Waals surface area contributed by atoms with Gasteiger partial charge in [-0.25, -0.2) is 19.6 Å². The third kappa shape index (κ3) is 9.23. The molecule has 7 atom stereocenters. The van der Waals surface area contributed by atoms with Gasteiger partial charge in [-0.1, -0.05) is 58.7 Å². The van der Waals surface area contributed by atoms with E-state index in [0.29, 0.717) is 30.7 Å². The Hall–Kier alpha value is -6.14. The number of aromatic amines is 2. The quantitative estimate of drug-likeness (QED) is 0.112. The number of carbonyl (C=O) groups is 4. The number of nitrogens with one attached hydrogen (secondary N) is 3.